The van der Waals surface area contributed by atoms with E-state index in [0.717, 1.165) is 5.56 Å². The van der Waals surface area contributed by atoms with Crippen LogP contribution in [0.2, 0.25) is 0 Å². The maximum atomic E-state index is 12.1. The third-order valence-electron chi connectivity index (χ3n) is 3.93. The quantitative estimate of drug-likeness (QED) is 0.830. The molecule has 2 unspecified atom stereocenters. The first kappa shape index (κ1) is 14.5. The fourth-order valence-electron chi connectivity index (χ4n) is 2.40. The summed E-state index contributed by atoms with van der Waals surface area (Å²) >= 11 is 0. The molecule has 1 fully saturated rings. The Labute approximate surface area is 118 Å². The number of hydrogen-bond donors (Lipinski definition) is 2. The van der Waals surface area contributed by atoms with Crippen molar-refractivity contribution >= 4 is 11.9 Å². The molecule has 0 aliphatic carbocycles. The molecule has 2 atom stereocenters. The zero-order valence-electron chi connectivity index (χ0n) is 11.5. The number of carbonyl (C=O) groups is 2. The SMILES string of the molecule is CC(C(=O)O)C1CN(C(=O)C(N)Cc2ccccc2)C1. The molecule has 1 aromatic rings. The van der Waals surface area contributed by atoms with Gasteiger partial charge in [0.15, 0.2) is 0 Å². The number of carboxylic acid groups (broad SMARTS) is 1. The normalized spacial score (nSPS) is 18.2. The zero-order chi connectivity index (χ0) is 14.7. The molecule has 3 N–H and O–H groups in total. The predicted octanol–water partition coefficient (Wildman–Crippen LogP) is 0.736. The van der Waals surface area contributed by atoms with Crippen LogP contribution in [0.25, 0.3) is 0 Å². The van der Waals surface area contributed by atoms with E-state index in [1.165, 1.54) is 0 Å². The molecule has 20 heavy (non-hydrogen) atoms. The van der Waals surface area contributed by atoms with Gasteiger partial charge in [-0.3, -0.25) is 9.59 Å². The Kier molecular flexibility index (Phi) is 4.39. The second-order valence-electron chi connectivity index (χ2n) is 5.43. The van der Waals surface area contributed by atoms with Gasteiger partial charge < -0.3 is 15.7 Å². The van der Waals surface area contributed by atoms with Gasteiger partial charge in [-0.1, -0.05) is 37.3 Å². The van der Waals surface area contributed by atoms with E-state index in [4.69, 9.17) is 10.8 Å². The highest BCUT2D eigenvalue weighted by atomic mass is 16.4. The Bertz CT molecular complexity index is 483. The van der Waals surface area contributed by atoms with Crippen molar-refractivity contribution in [3.8, 4) is 0 Å². The molecule has 5 heteroatoms. The number of nitrogens with zero attached hydrogens (tertiary/aromatic N) is 1. The highest BCUT2D eigenvalue weighted by Gasteiger charge is 2.38. The summed E-state index contributed by atoms with van der Waals surface area (Å²) in [6.07, 6.45) is 0.509. The Morgan fingerprint density at radius 1 is 1.35 bits per heavy atom. The van der Waals surface area contributed by atoms with Crippen LogP contribution < -0.4 is 5.73 Å². The summed E-state index contributed by atoms with van der Waals surface area (Å²) in [7, 11) is 0. The smallest absolute Gasteiger partial charge is 0.306 e. The van der Waals surface area contributed by atoms with Crippen LogP contribution >= 0.6 is 0 Å². The minimum atomic E-state index is -0.810. The van der Waals surface area contributed by atoms with Crippen molar-refractivity contribution in [2.24, 2.45) is 17.6 Å². The monoisotopic (exact) mass is 276 g/mol. The van der Waals surface area contributed by atoms with Gasteiger partial charge in [-0.2, -0.15) is 0 Å². The largest absolute Gasteiger partial charge is 0.481 e. The number of carbonyl (C=O) groups excluding carboxylic acids is 1. The molecular weight excluding hydrogens is 256 g/mol. The molecule has 0 radical (unpaired) electrons. The number of benzene rings is 1. The molecule has 1 aromatic carbocycles. The summed E-state index contributed by atoms with van der Waals surface area (Å²) in [5, 5.41) is 8.92. The molecule has 0 saturated carbocycles. The van der Waals surface area contributed by atoms with Gasteiger partial charge in [0.05, 0.1) is 12.0 Å². The molecule has 5 nitrogen and oxygen atoms in total. The van der Waals surface area contributed by atoms with Crippen molar-refractivity contribution in [1.82, 2.24) is 4.90 Å². The number of hydrogen-bond acceptors (Lipinski definition) is 3. The van der Waals surface area contributed by atoms with E-state index in [1.807, 2.05) is 30.3 Å². The van der Waals surface area contributed by atoms with E-state index in [1.54, 1.807) is 11.8 Å². The lowest BCUT2D eigenvalue weighted by atomic mass is 9.86. The summed E-state index contributed by atoms with van der Waals surface area (Å²) < 4.78 is 0. The van der Waals surface area contributed by atoms with Crippen molar-refractivity contribution in [1.29, 1.82) is 0 Å². The standard InChI is InChI=1S/C15H20N2O3/c1-10(15(19)20)12-8-17(9-12)14(18)13(16)7-11-5-3-2-4-6-11/h2-6,10,12-13H,7-9,16H2,1H3,(H,19,20). The Morgan fingerprint density at radius 3 is 2.50 bits per heavy atom. The van der Waals surface area contributed by atoms with E-state index in [-0.39, 0.29) is 11.8 Å². The van der Waals surface area contributed by atoms with Gasteiger partial charge >= 0.3 is 5.97 Å². The van der Waals surface area contributed by atoms with Crippen molar-refractivity contribution in [2.45, 2.75) is 19.4 Å². The van der Waals surface area contributed by atoms with Crippen molar-refractivity contribution in [2.75, 3.05) is 13.1 Å². The maximum Gasteiger partial charge on any atom is 0.306 e. The Balaban J connectivity index is 1.83. The van der Waals surface area contributed by atoms with Gasteiger partial charge in [0, 0.05) is 19.0 Å². The second kappa shape index (κ2) is 6.05. The minimum absolute atomic E-state index is 0.0420. The van der Waals surface area contributed by atoms with Crippen LogP contribution in [0.15, 0.2) is 30.3 Å². The summed E-state index contributed by atoms with van der Waals surface area (Å²) in [6.45, 7) is 2.67. The van der Waals surface area contributed by atoms with Crippen molar-refractivity contribution < 1.29 is 14.7 Å². The van der Waals surface area contributed by atoms with Crippen LogP contribution in [0, 0.1) is 11.8 Å². The molecule has 0 bridgehead atoms. The molecule has 1 aliphatic rings. The molecule has 0 spiro atoms. The summed E-state index contributed by atoms with van der Waals surface area (Å²) in [4.78, 5) is 24.6. The van der Waals surface area contributed by atoms with E-state index in [2.05, 4.69) is 0 Å². The number of rotatable bonds is 5. The van der Waals surface area contributed by atoms with Crippen LogP contribution in [0.3, 0.4) is 0 Å². The average Bonchev–Trinajstić information content (AvgIpc) is 2.37. The van der Waals surface area contributed by atoms with Crippen LogP contribution in [-0.4, -0.2) is 41.0 Å². The van der Waals surface area contributed by atoms with Crippen LogP contribution in [-0.2, 0) is 16.0 Å². The number of amides is 1. The first-order chi connectivity index (χ1) is 9.49. The van der Waals surface area contributed by atoms with Crippen molar-refractivity contribution in [3.63, 3.8) is 0 Å². The number of nitrogens with two attached hydrogens (primary N) is 1. The van der Waals surface area contributed by atoms with E-state index < -0.39 is 17.9 Å². The zero-order valence-corrected chi connectivity index (χ0v) is 11.5. The third-order valence-corrected chi connectivity index (χ3v) is 3.93. The molecule has 0 aromatic heterocycles. The van der Waals surface area contributed by atoms with Crippen LogP contribution in [0.5, 0.6) is 0 Å². The topological polar surface area (TPSA) is 83.6 Å². The highest BCUT2D eigenvalue weighted by molar-refractivity contribution is 5.83. The summed E-state index contributed by atoms with van der Waals surface area (Å²) in [5.74, 6) is -1.27. The Hall–Kier alpha value is -1.88. The maximum absolute atomic E-state index is 12.1. The molecular formula is C15H20N2O3. The molecule has 1 amide bonds. The predicted molar refractivity (Wildman–Crippen MR) is 75.0 cm³/mol. The van der Waals surface area contributed by atoms with Gasteiger partial charge in [0.1, 0.15) is 0 Å². The molecule has 2 rings (SSSR count). The van der Waals surface area contributed by atoms with Crippen LogP contribution in [0.4, 0.5) is 0 Å². The molecule has 1 saturated heterocycles. The lowest BCUT2D eigenvalue weighted by Crippen LogP contribution is -2.58. The molecule has 1 aliphatic heterocycles. The first-order valence-corrected chi connectivity index (χ1v) is 6.80. The Morgan fingerprint density at radius 2 is 1.95 bits per heavy atom. The third kappa shape index (κ3) is 3.17. The van der Waals surface area contributed by atoms with Gasteiger partial charge in [-0.15, -0.1) is 0 Å². The van der Waals surface area contributed by atoms with E-state index in [9.17, 15) is 9.59 Å². The fourth-order valence-corrected chi connectivity index (χ4v) is 2.40. The summed E-state index contributed by atoms with van der Waals surface area (Å²) in [6, 6.07) is 9.08. The lowest BCUT2D eigenvalue weighted by Gasteiger charge is -2.42. The number of aliphatic carboxylic acids is 1. The van der Waals surface area contributed by atoms with Gasteiger partial charge in [0.25, 0.3) is 0 Å². The lowest BCUT2D eigenvalue weighted by molar-refractivity contribution is -0.151. The second-order valence-corrected chi connectivity index (χ2v) is 5.43. The fraction of sp³-hybridized carbons (Fsp3) is 0.467. The minimum Gasteiger partial charge on any atom is -0.481 e. The number of likely N-dealkylation sites (tertiary alicyclic amines) is 1. The van der Waals surface area contributed by atoms with Gasteiger partial charge in [-0.05, 0) is 12.0 Å². The van der Waals surface area contributed by atoms with Gasteiger partial charge in [-0.25, -0.2) is 0 Å². The van der Waals surface area contributed by atoms with E-state index in [0.29, 0.717) is 19.5 Å². The summed E-state index contributed by atoms with van der Waals surface area (Å²) in [5.41, 5.74) is 6.97. The average molecular weight is 276 g/mol. The highest BCUT2D eigenvalue weighted by Crippen LogP contribution is 2.24. The molecule has 108 valence electrons. The van der Waals surface area contributed by atoms with Crippen LogP contribution in [0.1, 0.15) is 12.5 Å². The number of carboxylic acids is 1. The van der Waals surface area contributed by atoms with Gasteiger partial charge in [0.2, 0.25) is 5.91 Å². The first-order valence-electron chi connectivity index (χ1n) is 6.80. The van der Waals surface area contributed by atoms with E-state index >= 15 is 0 Å². The molecule has 1 heterocycles. The van der Waals surface area contributed by atoms with Crippen molar-refractivity contribution in [3.05, 3.63) is 35.9 Å².